The van der Waals surface area contributed by atoms with E-state index >= 15 is 0 Å². The number of likely N-dealkylation sites (tertiary alicyclic amines) is 1. The van der Waals surface area contributed by atoms with E-state index in [1.54, 1.807) is 26.1 Å². The maximum Gasteiger partial charge on any atom is 0.253 e. The Morgan fingerprint density at radius 1 is 1.23 bits per heavy atom. The first-order valence-electron chi connectivity index (χ1n) is 10.4. The maximum absolute atomic E-state index is 12.2. The Morgan fingerprint density at radius 2 is 1.97 bits per heavy atom. The highest BCUT2D eigenvalue weighted by molar-refractivity contribution is 14.0. The van der Waals surface area contributed by atoms with E-state index in [-0.39, 0.29) is 29.9 Å². The van der Waals surface area contributed by atoms with Gasteiger partial charge in [0.2, 0.25) is 0 Å². The first-order valence-corrected chi connectivity index (χ1v) is 10.4. The van der Waals surface area contributed by atoms with Crippen molar-refractivity contribution in [2.24, 2.45) is 4.99 Å². The normalized spacial score (nSPS) is 15.9. The highest BCUT2D eigenvalue weighted by atomic mass is 127. The summed E-state index contributed by atoms with van der Waals surface area (Å²) in [5.74, 6) is 2.36. The molecule has 1 aliphatic heterocycles. The highest BCUT2D eigenvalue weighted by Crippen LogP contribution is 2.28. The van der Waals surface area contributed by atoms with Crippen LogP contribution in [0.5, 0.6) is 5.75 Å². The first kappa shape index (κ1) is 25.0. The summed E-state index contributed by atoms with van der Waals surface area (Å²) < 4.78 is 5.26. The van der Waals surface area contributed by atoms with Crippen LogP contribution >= 0.6 is 24.0 Å². The summed E-state index contributed by atoms with van der Waals surface area (Å²) in [6.45, 7) is 2.72. The van der Waals surface area contributed by atoms with Crippen LogP contribution in [-0.4, -0.2) is 69.6 Å². The van der Waals surface area contributed by atoms with Crippen molar-refractivity contribution in [3.05, 3.63) is 65.2 Å². The Labute approximate surface area is 202 Å². The van der Waals surface area contributed by atoms with Gasteiger partial charge in [0, 0.05) is 52.3 Å². The van der Waals surface area contributed by atoms with E-state index in [9.17, 15) is 4.79 Å². The summed E-state index contributed by atoms with van der Waals surface area (Å²) in [6, 6.07) is 16.2. The molecule has 1 unspecified atom stereocenters. The predicted octanol–water partition coefficient (Wildman–Crippen LogP) is 3.62. The summed E-state index contributed by atoms with van der Waals surface area (Å²) in [4.78, 5) is 20.6. The average Bonchev–Trinajstić information content (AvgIpc) is 3.26. The Bertz CT molecular complexity index is 883. The van der Waals surface area contributed by atoms with Gasteiger partial charge in [-0.05, 0) is 48.2 Å². The zero-order valence-electron chi connectivity index (χ0n) is 18.8. The van der Waals surface area contributed by atoms with Crippen LogP contribution in [0.3, 0.4) is 0 Å². The van der Waals surface area contributed by atoms with E-state index < -0.39 is 0 Å². The number of hydrogen-bond donors (Lipinski definition) is 1. The van der Waals surface area contributed by atoms with Gasteiger partial charge in [-0.1, -0.05) is 24.3 Å². The number of nitrogens with zero attached hydrogens (tertiary/aromatic N) is 3. The lowest BCUT2D eigenvalue weighted by atomic mass is 9.98. The van der Waals surface area contributed by atoms with Crippen LogP contribution < -0.4 is 10.1 Å². The summed E-state index contributed by atoms with van der Waals surface area (Å²) >= 11 is 0. The molecule has 2 aromatic carbocycles. The van der Waals surface area contributed by atoms with Gasteiger partial charge in [0.25, 0.3) is 5.91 Å². The molecule has 0 aromatic heterocycles. The SMILES string of the molecule is CN=C(NCCc1cccc(C(=O)N(C)C)c1)N1CCC(c2ccc(OC)cc2)C1.I. The molecule has 6 nitrogen and oxygen atoms in total. The first-order chi connectivity index (χ1) is 14.5. The van der Waals surface area contributed by atoms with Crippen LogP contribution in [0.1, 0.15) is 33.8 Å². The van der Waals surface area contributed by atoms with Crippen molar-refractivity contribution in [2.75, 3.05) is 47.9 Å². The second-order valence-corrected chi connectivity index (χ2v) is 7.83. The molecule has 2 aromatic rings. The van der Waals surface area contributed by atoms with E-state index in [1.165, 1.54) is 5.56 Å². The van der Waals surface area contributed by atoms with Crippen LogP contribution in [-0.2, 0) is 6.42 Å². The highest BCUT2D eigenvalue weighted by Gasteiger charge is 2.26. The molecule has 0 bridgehead atoms. The number of aliphatic imine (C=N–C) groups is 1. The van der Waals surface area contributed by atoms with Gasteiger partial charge in [0.1, 0.15) is 5.75 Å². The Balaban J connectivity index is 0.00000341. The quantitative estimate of drug-likeness (QED) is 0.348. The van der Waals surface area contributed by atoms with Crippen molar-refractivity contribution in [1.82, 2.24) is 15.1 Å². The molecule has 1 amide bonds. The zero-order valence-corrected chi connectivity index (χ0v) is 21.1. The lowest BCUT2D eigenvalue weighted by Crippen LogP contribution is -2.40. The minimum absolute atomic E-state index is 0. The molecule has 7 heteroatoms. The summed E-state index contributed by atoms with van der Waals surface area (Å²) in [5.41, 5.74) is 3.21. The number of benzene rings is 2. The van der Waals surface area contributed by atoms with E-state index in [1.807, 2.05) is 37.4 Å². The number of ether oxygens (including phenoxy) is 1. The fourth-order valence-corrected chi connectivity index (χ4v) is 3.87. The van der Waals surface area contributed by atoms with E-state index in [2.05, 4.69) is 33.4 Å². The minimum atomic E-state index is 0. The van der Waals surface area contributed by atoms with Crippen LogP contribution in [0.25, 0.3) is 0 Å². The van der Waals surface area contributed by atoms with Crippen molar-refractivity contribution >= 4 is 35.8 Å². The molecule has 1 saturated heterocycles. The lowest BCUT2D eigenvalue weighted by Gasteiger charge is -2.22. The van der Waals surface area contributed by atoms with Gasteiger partial charge in [0.05, 0.1) is 7.11 Å². The standard InChI is InChI=1S/C24H32N4O2.HI/c1-25-24(26-14-12-18-6-5-7-20(16-18)23(29)27(2)3)28-15-13-21(17-28)19-8-10-22(30-4)11-9-19;/h5-11,16,21H,12-15,17H2,1-4H3,(H,25,26);1H. The topological polar surface area (TPSA) is 57.2 Å². The number of rotatable bonds is 6. The fourth-order valence-electron chi connectivity index (χ4n) is 3.87. The second-order valence-electron chi connectivity index (χ2n) is 7.83. The van der Waals surface area contributed by atoms with Crippen LogP contribution in [0, 0.1) is 0 Å². The summed E-state index contributed by atoms with van der Waals surface area (Å²) in [6.07, 6.45) is 1.95. The molecule has 1 aliphatic rings. The number of carbonyl (C=O) groups is 1. The van der Waals surface area contributed by atoms with E-state index in [0.717, 1.165) is 55.3 Å². The lowest BCUT2D eigenvalue weighted by molar-refractivity contribution is 0.0827. The molecule has 1 fully saturated rings. The van der Waals surface area contributed by atoms with Crippen molar-refractivity contribution in [2.45, 2.75) is 18.8 Å². The van der Waals surface area contributed by atoms with Gasteiger partial charge in [-0.15, -0.1) is 24.0 Å². The third kappa shape index (κ3) is 6.59. The van der Waals surface area contributed by atoms with Crippen LogP contribution in [0.15, 0.2) is 53.5 Å². The minimum Gasteiger partial charge on any atom is -0.497 e. The second kappa shape index (κ2) is 11.9. The van der Waals surface area contributed by atoms with Crippen molar-refractivity contribution in [3.63, 3.8) is 0 Å². The molecular weight excluding hydrogens is 503 g/mol. The smallest absolute Gasteiger partial charge is 0.253 e. The summed E-state index contributed by atoms with van der Waals surface area (Å²) in [7, 11) is 7.07. The van der Waals surface area contributed by atoms with Crippen LogP contribution in [0.4, 0.5) is 0 Å². The molecule has 1 N–H and O–H groups in total. The van der Waals surface area contributed by atoms with Gasteiger partial charge in [0.15, 0.2) is 5.96 Å². The number of amides is 1. The molecule has 3 rings (SSSR count). The van der Waals surface area contributed by atoms with Gasteiger partial charge >= 0.3 is 0 Å². The van der Waals surface area contributed by atoms with Crippen molar-refractivity contribution in [3.8, 4) is 5.75 Å². The molecule has 0 aliphatic carbocycles. The number of nitrogens with one attached hydrogen (secondary N) is 1. The molecule has 31 heavy (non-hydrogen) atoms. The average molecular weight is 536 g/mol. The molecule has 168 valence electrons. The van der Waals surface area contributed by atoms with E-state index in [0.29, 0.717) is 5.92 Å². The van der Waals surface area contributed by atoms with E-state index in [4.69, 9.17) is 4.74 Å². The molecule has 0 saturated carbocycles. The molecule has 0 radical (unpaired) electrons. The van der Waals surface area contributed by atoms with Crippen molar-refractivity contribution < 1.29 is 9.53 Å². The monoisotopic (exact) mass is 536 g/mol. The fraction of sp³-hybridized carbons (Fsp3) is 0.417. The Hall–Kier alpha value is -2.29. The Kier molecular flexibility index (Phi) is 9.61. The third-order valence-corrected chi connectivity index (χ3v) is 5.56. The van der Waals surface area contributed by atoms with Crippen molar-refractivity contribution in [1.29, 1.82) is 0 Å². The molecule has 0 spiro atoms. The molecular formula is C24H33IN4O2. The number of hydrogen-bond acceptors (Lipinski definition) is 3. The predicted molar refractivity (Wildman–Crippen MR) is 137 cm³/mol. The number of guanidine groups is 1. The van der Waals surface area contributed by atoms with Gasteiger partial charge in [-0.2, -0.15) is 0 Å². The zero-order chi connectivity index (χ0) is 21.5. The van der Waals surface area contributed by atoms with Crippen LogP contribution in [0.2, 0.25) is 0 Å². The number of halogens is 1. The summed E-state index contributed by atoms with van der Waals surface area (Å²) in [5, 5.41) is 3.48. The number of carbonyl (C=O) groups excluding carboxylic acids is 1. The third-order valence-electron chi connectivity index (χ3n) is 5.56. The van der Waals surface area contributed by atoms with Gasteiger partial charge in [-0.25, -0.2) is 0 Å². The number of methoxy groups -OCH3 is 1. The molecule has 1 heterocycles. The Morgan fingerprint density at radius 3 is 2.61 bits per heavy atom. The largest absolute Gasteiger partial charge is 0.497 e. The van der Waals surface area contributed by atoms with Gasteiger partial charge < -0.3 is 19.9 Å². The van der Waals surface area contributed by atoms with Gasteiger partial charge in [-0.3, -0.25) is 9.79 Å². The molecule has 1 atom stereocenters. The maximum atomic E-state index is 12.2.